The maximum atomic E-state index is 10.4. The lowest BCUT2D eigenvalue weighted by Crippen LogP contribution is -2.30. The van der Waals surface area contributed by atoms with E-state index in [4.69, 9.17) is 14.8 Å². The third-order valence-electron chi connectivity index (χ3n) is 8.06. The number of fused-ring (bicyclic) bond motifs is 2. The highest BCUT2D eigenvalue weighted by atomic mass is 16.5. The number of rotatable bonds is 11. The number of nitrogens with one attached hydrogen (secondary N) is 1. The van der Waals surface area contributed by atoms with Gasteiger partial charge in [0.15, 0.2) is 0 Å². The lowest BCUT2D eigenvalue weighted by Gasteiger charge is -2.27. The zero-order valence-corrected chi connectivity index (χ0v) is 21.2. The number of unbranched alkanes of at least 4 members (excludes halogenated alkanes) is 1. The van der Waals surface area contributed by atoms with Gasteiger partial charge in [-0.15, -0.1) is 0 Å². The van der Waals surface area contributed by atoms with Gasteiger partial charge in [0.2, 0.25) is 0 Å². The van der Waals surface area contributed by atoms with Gasteiger partial charge in [-0.25, -0.2) is 4.98 Å². The van der Waals surface area contributed by atoms with Crippen molar-refractivity contribution in [2.75, 3.05) is 38.2 Å². The second-order valence-corrected chi connectivity index (χ2v) is 10.8. The predicted octanol–water partition coefficient (Wildman–Crippen LogP) is 4.35. The van der Waals surface area contributed by atoms with E-state index in [0.717, 1.165) is 82.1 Å². The predicted molar refractivity (Wildman–Crippen MR) is 142 cm³/mol. The number of aliphatic hydroxyl groups is 1. The molecule has 7 nitrogen and oxygen atoms in total. The van der Waals surface area contributed by atoms with E-state index < -0.39 is 0 Å². The fraction of sp³-hybridized carbons (Fsp3) is 0.586. The van der Waals surface area contributed by atoms with E-state index in [0.29, 0.717) is 0 Å². The molecule has 192 valence electrons. The molecule has 0 amide bonds. The van der Waals surface area contributed by atoms with E-state index in [9.17, 15) is 5.11 Å². The van der Waals surface area contributed by atoms with Crippen LogP contribution < -0.4 is 5.32 Å². The molecule has 2 N–H and O–H groups in total. The first-order valence-electron chi connectivity index (χ1n) is 13.9. The molecule has 1 saturated heterocycles. The normalized spacial score (nSPS) is 21.0. The fourth-order valence-corrected chi connectivity index (χ4v) is 5.81. The van der Waals surface area contributed by atoms with E-state index in [1.165, 1.54) is 41.5 Å². The van der Waals surface area contributed by atoms with E-state index in [2.05, 4.69) is 51.4 Å². The number of aryl methyl sites for hydroxylation is 2. The average molecular weight is 490 g/mol. The molecular formula is C29H39N5O2. The van der Waals surface area contributed by atoms with Crippen LogP contribution in [0.2, 0.25) is 0 Å². The Hall–Kier alpha value is -2.48. The summed E-state index contributed by atoms with van der Waals surface area (Å²) in [6, 6.07) is 10.7. The molecule has 0 radical (unpaired) electrons. The number of nitrogens with zero attached hydrogens (tertiary/aromatic N) is 4. The number of anilines is 1. The van der Waals surface area contributed by atoms with Crippen molar-refractivity contribution in [1.29, 1.82) is 0 Å². The van der Waals surface area contributed by atoms with Gasteiger partial charge < -0.3 is 15.2 Å². The summed E-state index contributed by atoms with van der Waals surface area (Å²) < 4.78 is 8.37. The summed E-state index contributed by atoms with van der Waals surface area (Å²) in [7, 11) is 0. The van der Waals surface area contributed by atoms with Gasteiger partial charge in [0.1, 0.15) is 5.82 Å². The molecule has 1 unspecified atom stereocenters. The summed E-state index contributed by atoms with van der Waals surface area (Å²) in [5, 5.41) is 19.8. The number of ether oxygens (including phenoxy) is 1. The van der Waals surface area contributed by atoms with Crippen LogP contribution in [-0.2, 0) is 24.1 Å². The van der Waals surface area contributed by atoms with Crippen molar-refractivity contribution in [3.8, 4) is 0 Å². The molecule has 6 rings (SSSR count). The summed E-state index contributed by atoms with van der Waals surface area (Å²) in [5.41, 5.74) is 4.74. The summed E-state index contributed by atoms with van der Waals surface area (Å²) >= 11 is 0. The van der Waals surface area contributed by atoms with Crippen LogP contribution in [-0.4, -0.2) is 63.7 Å². The van der Waals surface area contributed by atoms with Crippen molar-refractivity contribution >= 4 is 16.7 Å². The lowest BCUT2D eigenvalue weighted by molar-refractivity contribution is 0.0484. The van der Waals surface area contributed by atoms with E-state index >= 15 is 0 Å². The first kappa shape index (κ1) is 23.9. The SMILES string of the molecule is OCC(c1cccc2nn(CC3CC3)cc12)N1CC[C@@H](OCCCCc2ccc3c(n2)NCCC3)C1. The van der Waals surface area contributed by atoms with Crippen molar-refractivity contribution < 1.29 is 9.84 Å². The van der Waals surface area contributed by atoms with Gasteiger partial charge in [0.05, 0.1) is 24.3 Å². The highest BCUT2D eigenvalue weighted by Crippen LogP contribution is 2.33. The molecular weight excluding hydrogens is 450 g/mol. The minimum atomic E-state index is -0.00966. The van der Waals surface area contributed by atoms with E-state index in [1.807, 2.05) is 0 Å². The molecule has 2 aliphatic heterocycles. The van der Waals surface area contributed by atoms with Crippen LogP contribution in [0.1, 0.15) is 61.4 Å². The number of likely N-dealkylation sites (tertiary alicyclic amines) is 1. The molecule has 1 aromatic carbocycles. The summed E-state index contributed by atoms with van der Waals surface area (Å²) in [6.07, 6.45) is 11.6. The molecule has 0 bridgehead atoms. The minimum absolute atomic E-state index is 0.00966. The van der Waals surface area contributed by atoms with Crippen molar-refractivity contribution in [1.82, 2.24) is 19.7 Å². The number of hydrogen-bond acceptors (Lipinski definition) is 6. The fourth-order valence-electron chi connectivity index (χ4n) is 5.81. The standard InChI is InChI=1S/C29H39N5O2/c35-20-28(25-7-3-8-27-26(25)19-34(32-27)17-21-9-10-21)33-15-13-24(18-33)36-16-2-1-6-23-12-11-22-5-4-14-30-29(22)31-23/h3,7-8,11-12,19,21,24,28,35H,1-2,4-6,9-10,13-18,20H2,(H,30,31)/t24-,28?/m1/s1. The number of benzene rings is 1. The number of aliphatic hydroxyl groups excluding tert-OH is 1. The molecule has 7 heteroatoms. The van der Waals surface area contributed by atoms with Crippen LogP contribution in [0.3, 0.4) is 0 Å². The zero-order valence-electron chi connectivity index (χ0n) is 21.2. The average Bonchev–Trinajstić information content (AvgIpc) is 3.42. The largest absolute Gasteiger partial charge is 0.394 e. The zero-order chi connectivity index (χ0) is 24.3. The Morgan fingerprint density at radius 2 is 2.08 bits per heavy atom. The molecule has 4 heterocycles. The Morgan fingerprint density at radius 1 is 1.14 bits per heavy atom. The monoisotopic (exact) mass is 489 g/mol. The molecule has 2 fully saturated rings. The molecule has 0 spiro atoms. The summed E-state index contributed by atoms with van der Waals surface area (Å²) in [6.45, 7) is 4.77. The third-order valence-corrected chi connectivity index (χ3v) is 8.06. The molecule has 1 aliphatic carbocycles. The Labute approximate surface area is 213 Å². The molecule has 2 atom stereocenters. The highest BCUT2D eigenvalue weighted by molar-refractivity contribution is 5.82. The van der Waals surface area contributed by atoms with Gasteiger partial charge in [-0.3, -0.25) is 9.58 Å². The first-order valence-corrected chi connectivity index (χ1v) is 13.9. The maximum Gasteiger partial charge on any atom is 0.129 e. The van der Waals surface area contributed by atoms with Gasteiger partial charge in [-0.05, 0) is 80.5 Å². The second-order valence-electron chi connectivity index (χ2n) is 10.8. The number of hydrogen-bond donors (Lipinski definition) is 2. The molecule has 36 heavy (non-hydrogen) atoms. The molecule has 2 aromatic heterocycles. The topological polar surface area (TPSA) is 75.4 Å². The van der Waals surface area contributed by atoms with Crippen molar-refractivity contribution in [2.24, 2.45) is 5.92 Å². The Morgan fingerprint density at radius 3 is 2.97 bits per heavy atom. The van der Waals surface area contributed by atoms with E-state index in [1.54, 1.807) is 0 Å². The van der Waals surface area contributed by atoms with Crippen molar-refractivity contribution in [3.05, 3.63) is 53.3 Å². The van der Waals surface area contributed by atoms with Crippen LogP contribution in [0.5, 0.6) is 0 Å². The number of pyridine rings is 1. The maximum absolute atomic E-state index is 10.4. The minimum Gasteiger partial charge on any atom is -0.394 e. The van der Waals surface area contributed by atoms with Crippen LogP contribution in [0.25, 0.3) is 10.9 Å². The molecule has 1 saturated carbocycles. The molecule has 3 aromatic rings. The lowest BCUT2D eigenvalue weighted by atomic mass is 10.0. The first-order chi connectivity index (χ1) is 17.8. The van der Waals surface area contributed by atoms with Gasteiger partial charge in [-0.2, -0.15) is 5.10 Å². The Bertz CT molecular complexity index is 1170. The third kappa shape index (κ3) is 5.43. The Balaban J connectivity index is 0.989. The van der Waals surface area contributed by atoms with Crippen molar-refractivity contribution in [3.63, 3.8) is 0 Å². The van der Waals surface area contributed by atoms with Gasteiger partial charge >= 0.3 is 0 Å². The van der Waals surface area contributed by atoms with Crippen molar-refractivity contribution in [2.45, 2.75) is 70.1 Å². The van der Waals surface area contributed by atoms with Gasteiger partial charge in [0, 0.05) is 50.1 Å². The second kappa shape index (κ2) is 10.9. The highest BCUT2D eigenvalue weighted by Gasteiger charge is 2.31. The smallest absolute Gasteiger partial charge is 0.129 e. The molecule has 3 aliphatic rings. The number of aromatic nitrogens is 3. The Kier molecular flexibility index (Phi) is 7.21. The summed E-state index contributed by atoms with van der Waals surface area (Å²) in [5.74, 6) is 1.88. The van der Waals surface area contributed by atoms with Gasteiger partial charge in [0.25, 0.3) is 0 Å². The van der Waals surface area contributed by atoms with E-state index in [-0.39, 0.29) is 18.8 Å². The van der Waals surface area contributed by atoms with Crippen LogP contribution in [0.15, 0.2) is 36.5 Å². The van der Waals surface area contributed by atoms with Gasteiger partial charge in [-0.1, -0.05) is 18.2 Å². The van der Waals surface area contributed by atoms with Crippen LogP contribution >= 0.6 is 0 Å². The quantitative estimate of drug-likeness (QED) is 0.390. The van der Waals surface area contributed by atoms with Crippen LogP contribution in [0.4, 0.5) is 5.82 Å². The summed E-state index contributed by atoms with van der Waals surface area (Å²) in [4.78, 5) is 7.20. The van der Waals surface area contributed by atoms with Crippen LogP contribution in [0, 0.1) is 5.92 Å².